The summed E-state index contributed by atoms with van der Waals surface area (Å²) < 4.78 is 6.14. The molecule has 3 heterocycles. The van der Waals surface area contributed by atoms with E-state index in [0.717, 1.165) is 44.5 Å². The number of ether oxygens (including phenoxy) is 1. The van der Waals surface area contributed by atoms with Crippen molar-refractivity contribution in [3.63, 3.8) is 0 Å². The second-order valence-corrected chi connectivity index (χ2v) is 9.03. The van der Waals surface area contributed by atoms with Crippen molar-refractivity contribution in [3.05, 3.63) is 54.1 Å². The van der Waals surface area contributed by atoms with E-state index in [9.17, 15) is 9.59 Å². The van der Waals surface area contributed by atoms with E-state index in [-0.39, 0.29) is 17.2 Å². The molecule has 2 aromatic rings. The molecule has 2 amide bonds. The molecule has 7 heteroatoms. The number of para-hydroxylation sites is 1. The Hall–Kier alpha value is -2.96. The number of nitrogens with zero attached hydrogens (tertiary/aromatic N) is 4. The van der Waals surface area contributed by atoms with Gasteiger partial charge in [0.05, 0.1) is 17.9 Å². The molecule has 0 atom stereocenters. The predicted octanol–water partition coefficient (Wildman–Crippen LogP) is 3.49. The molecule has 0 radical (unpaired) electrons. The predicted molar refractivity (Wildman–Crippen MR) is 121 cm³/mol. The SMILES string of the molecule is Cc1ncncc1C(=O)N1CCC(COc2ccccc2)(CC(=O)N2CCCCC2)CC1. The Balaban J connectivity index is 1.45. The third-order valence-corrected chi connectivity index (χ3v) is 6.78. The quantitative estimate of drug-likeness (QED) is 0.693. The van der Waals surface area contributed by atoms with Gasteiger partial charge >= 0.3 is 0 Å². The summed E-state index contributed by atoms with van der Waals surface area (Å²) >= 11 is 0. The van der Waals surface area contributed by atoms with Crippen LogP contribution >= 0.6 is 0 Å². The van der Waals surface area contributed by atoms with Gasteiger partial charge in [0.25, 0.3) is 5.91 Å². The van der Waals surface area contributed by atoms with Gasteiger partial charge in [0.2, 0.25) is 5.91 Å². The number of benzene rings is 1. The van der Waals surface area contributed by atoms with Crippen molar-refractivity contribution in [2.24, 2.45) is 5.41 Å². The zero-order valence-electron chi connectivity index (χ0n) is 18.8. The van der Waals surface area contributed by atoms with Gasteiger partial charge in [-0.05, 0) is 51.2 Å². The van der Waals surface area contributed by atoms with Gasteiger partial charge in [0.1, 0.15) is 12.1 Å². The monoisotopic (exact) mass is 436 g/mol. The molecule has 0 unspecified atom stereocenters. The molecule has 2 aliphatic heterocycles. The van der Waals surface area contributed by atoms with Crippen LogP contribution in [0.3, 0.4) is 0 Å². The maximum Gasteiger partial charge on any atom is 0.257 e. The van der Waals surface area contributed by atoms with E-state index in [1.807, 2.05) is 47.1 Å². The summed E-state index contributed by atoms with van der Waals surface area (Å²) in [7, 11) is 0. The van der Waals surface area contributed by atoms with E-state index in [2.05, 4.69) is 9.97 Å². The fourth-order valence-electron chi connectivity index (χ4n) is 4.66. The van der Waals surface area contributed by atoms with Crippen LogP contribution < -0.4 is 4.74 Å². The van der Waals surface area contributed by atoms with E-state index in [4.69, 9.17) is 4.74 Å². The summed E-state index contributed by atoms with van der Waals surface area (Å²) in [6, 6.07) is 9.74. The average Bonchev–Trinajstić information content (AvgIpc) is 2.84. The van der Waals surface area contributed by atoms with Gasteiger partial charge in [-0.3, -0.25) is 9.59 Å². The van der Waals surface area contributed by atoms with Crippen molar-refractivity contribution >= 4 is 11.8 Å². The number of carbonyl (C=O) groups excluding carboxylic acids is 2. The lowest BCUT2D eigenvalue weighted by molar-refractivity contribution is -0.136. The Labute approximate surface area is 189 Å². The van der Waals surface area contributed by atoms with E-state index < -0.39 is 0 Å². The Morgan fingerprint density at radius 2 is 1.72 bits per heavy atom. The molecule has 0 N–H and O–H groups in total. The van der Waals surface area contributed by atoms with E-state index in [0.29, 0.717) is 37.4 Å². The van der Waals surface area contributed by atoms with Crippen molar-refractivity contribution in [1.29, 1.82) is 0 Å². The highest BCUT2D eigenvalue weighted by Crippen LogP contribution is 2.37. The van der Waals surface area contributed by atoms with Crippen LogP contribution in [0.4, 0.5) is 0 Å². The maximum absolute atomic E-state index is 13.1. The lowest BCUT2D eigenvalue weighted by Crippen LogP contribution is -2.48. The van der Waals surface area contributed by atoms with Crippen LogP contribution in [0.15, 0.2) is 42.9 Å². The van der Waals surface area contributed by atoms with Gasteiger partial charge in [0.15, 0.2) is 0 Å². The molecule has 0 saturated carbocycles. The molecule has 2 fully saturated rings. The van der Waals surface area contributed by atoms with E-state index >= 15 is 0 Å². The number of amides is 2. The summed E-state index contributed by atoms with van der Waals surface area (Å²) in [5, 5.41) is 0. The highest BCUT2D eigenvalue weighted by Gasteiger charge is 2.40. The number of carbonyl (C=O) groups is 2. The standard InChI is InChI=1S/C25H32N4O3/c1-20-22(17-26-19-27-20)24(31)29-14-10-25(11-15-29,18-32-21-8-4-2-5-9-21)16-23(30)28-12-6-3-7-13-28/h2,4-5,8-9,17,19H,3,6-7,10-16,18H2,1H3. The number of likely N-dealkylation sites (tertiary alicyclic amines) is 2. The molecule has 7 nitrogen and oxygen atoms in total. The third kappa shape index (κ3) is 5.26. The van der Waals surface area contributed by atoms with Gasteiger partial charge in [-0.25, -0.2) is 9.97 Å². The molecule has 0 bridgehead atoms. The highest BCUT2D eigenvalue weighted by molar-refractivity contribution is 5.95. The van der Waals surface area contributed by atoms with Crippen LogP contribution in [-0.4, -0.2) is 64.4 Å². The molecule has 0 aliphatic carbocycles. The maximum atomic E-state index is 13.1. The molecule has 0 spiro atoms. The Morgan fingerprint density at radius 1 is 1.00 bits per heavy atom. The number of aromatic nitrogens is 2. The summed E-state index contributed by atoms with van der Waals surface area (Å²) in [5.74, 6) is 0.990. The summed E-state index contributed by atoms with van der Waals surface area (Å²) in [5.41, 5.74) is 0.961. The van der Waals surface area contributed by atoms with Crippen molar-refractivity contribution in [2.75, 3.05) is 32.8 Å². The van der Waals surface area contributed by atoms with Crippen molar-refractivity contribution < 1.29 is 14.3 Å². The van der Waals surface area contributed by atoms with Gasteiger partial charge < -0.3 is 14.5 Å². The Kier molecular flexibility index (Phi) is 7.02. The largest absolute Gasteiger partial charge is 0.493 e. The minimum Gasteiger partial charge on any atom is -0.493 e. The lowest BCUT2D eigenvalue weighted by atomic mass is 9.75. The van der Waals surface area contributed by atoms with Crippen molar-refractivity contribution in [1.82, 2.24) is 19.8 Å². The van der Waals surface area contributed by atoms with E-state index in [1.165, 1.54) is 12.7 Å². The first-order valence-electron chi connectivity index (χ1n) is 11.6. The third-order valence-electron chi connectivity index (χ3n) is 6.78. The summed E-state index contributed by atoms with van der Waals surface area (Å²) in [4.78, 5) is 38.2. The van der Waals surface area contributed by atoms with Gasteiger partial charge in [-0.2, -0.15) is 0 Å². The van der Waals surface area contributed by atoms with Crippen molar-refractivity contribution in [3.8, 4) is 5.75 Å². The van der Waals surface area contributed by atoms with Crippen LogP contribution in [0.5, 0.6) is 5.75 Å². The smallest absolute Gasteiger partial charge is 0.257 e. The van der Waals surface area contributed by atoms with Crippen LogP contribution in [0, 0.1) is 12.3 Å². The average molecular weight is 437 g/mol. The van der Waals surface area contributed by atoms with Crippen molar-refractivity contribution in [2.45, 2.75) is 45.4 Å². The minimum atomic E-state index is -0.274. The molecule has 32 heavy (non-hydrogen) atoms. The number of aryl methyl sites for hydroxylation is 1. The van der Waals surface area contributed by atoms with Crippen LogP contribution in [0.25, 0.3) is 0 Å². The number of piperidine rings is 2. The molecule has 170 valence electrons. The molecular formula is C25H32N4O3. The zero-order chi connectivity index (χ0) is 22.4. The van der Waals surface area contributed by atoms with Crippen LogP contribution in [0.2, 0.25) is 0 Å². The first-order valence-corrected chi connectivity index (χ1v) is 11.6. The Morgan fingerprint density at radius 3 is 2.41 bits per heavy atom. The minimum absolute atomic E-state index is 0.0389. The lowest BCUT2D eigenvalue weighted by Gasteiger charge is -2.42. The number of rotatable bonds is 6. The zero-order valence-corrected chi connectivity index (χ0v) is 18.8. The second kappa shape index (κ2) is 10.1. The fraction of sp³-hybridized carbons (Fsp3) is 0.520. The molecule has 1 aromatic heterocycles. The number of hydrogen-bond donors (Lipinski definition) is 0. The summed E-state index contributed by atoms with van der Waals surface area (Å²) in [6.45, 7) is 5.20. The second-order valence-electron chi connectivity index (χ2n) is 9.03. The Bertz CT molecular complexity index is 920. The number of hydrogen-bond acceptors (Lipinski definition) is 5. The molecular weight excluding hydrogens is 404 g/mol. The topological polar surface area (TPSA) is 75.6 Å². The highest BCUT2D eigenvalue weighted by atomic mass is 16.5. The first kappa shape index (κ1) is 22.2. The normalized spacial score (nSPS) is 18.3. The molecule has 1 aromatic carbocycles. The molecule has 2 aliphatic rings. The van der Waals surface area contributed by atoms with Gasteiger partial charge in [-0.1, -0.05) is 18.2 Å². The molecule has 4 rings (SSSR count). The fourth-order valence-corrected chi connectivity index (χ4v) is 4.66. The summed E-state index contributed by atoms with van der Waals surface area (Å²) in [6.07, 6.45) is 8.35. The first-order chi connectivity index (χ1) is 15.6. The van der Waals surface area contributed by atoms with E-state index in [1.54, 1.807) is 6.20 Å². The van der Waals surface area contributed by atoms with Crippen LogP contribution in [-0.2, 0) is 4.79 Å². The van der Waals surface area contributed by atoms with Gasteiger partial charge in [0, 0.05) is 44.2 Å². The van der Waals surface area contributed by atoms with Gasteiger partial charge in [-0.15, -0.1) is 0 Å². The molecule has 2 saturated heterocycles. The van der Waals surface area contributed by atoms with Crippen LogP contribution in [0.1, 0.15) is 54.6 Å².